The van der Waals surface area contributed by atoms with Crippen LogP contribution in [0.5, 0.6) is 0 Å². The predicted octanol–water partition coefficient (Wildman–Crippen LogP) is 4.50. The van der Waals surface area contributed by atoms with Gasteiger partial charge in [0.15, 0.2) is 0 Å². The van der Waals surface area contributed by atoms with Gasteiger partial charge in [-0.15, -0.1) is 0 Å². The number of hydrogen-bond acceptors (Lipinski definition) is 3. The van der Waals surface area contributed by atoms with Crippen molar-refractivity contribution in [1.82, 2.24) is 5.43 Å². The van der Waals surface area contributed by atoms with Crippen molar-refractivity contribution in [2.24, 2.45) is 0 Å². The second kappa shape index (κ2) is 6.53. The van der Waals surface area contributed by atoms with Crippen LogP contribution in [0.25, 0.3) is 0 Å². The van der Waals surface area contributed by atoms with E-state index in [0.717, 1.165) is 0 Å². The Hall–Kier alpha value is -0.870. The fourth-order valence-corrected chi connectivity index (χ4v) is 1.99. The van der Waals surface area contributed by atoms with Crippen LogP contribution in [0.4, 0.5) is 18.9 Å². The van der Waals surface area contributed by atoms with Gasteiger partial charge >= 0.3 is 6.18 Å². The van der Waals surface area contributed by atoms with Gasteiger partial charge in [-0.3, -0.25) is 0 Å². The third kappa shape index (κ3) is 4.05. The summed E-state index contributed by atoms with van der Waals surface area (Å²) in [4.78, 5) is 0. The van der Waals surface area contributed by atoms with Crippen molar-refractivity contribution in [3.05, 3.63) is 26.7 Å². The van der Waals surface area contributed by atoms with Gasteiger partial charge in [0.2, 0.25) is 0 Å². The molecule has 0 fully saturated rings. The fourth-order valence-electron chi connectivity index (χ4n) is 1.19. The van der Waals surface area contributed by atoms with Crippen LogP contribution in [-0.4, -0.2) is 6.54 Å². The number of hydrogen-bond donors (Lipinski definition) is 2. The molecule has 9 heteroatoms. The third-order valence-electron chi connectivity index (χ3n) is 2.04. The second-order valence-electron chi connectivity index (χ2n) is 3.37. The molecule has 0 atom stereocenters. The van der Waals surface area contributed by atoms with Crippen LogP contribution in [-0.2, 0) is 6.18 Å². The summed E-state index contributed by atoms with van der Waals surface area (Å²) in [7, 11) is 0. The summed E-state index contributed by atoms with van der Waals surface area (Å²) >= 11 is 17.0. The first kappa shape index (κ1) is 16.2. The summed E-state index contributed by atoms with van der Waals surface area (Å²) in [5.74, 6) is 0. The van der Waals surface area contributed by atoms with E-state index >= 15 is 0 Å². The minimum absolute atomic E-state index is 0.0271. The smallest absolute Gasteiger partial charge is 0.319 e. The van der Waals surface area contributed by atoms with E-state index in [9.17, 15) is 13.2 Å². The summed E-state index contributed by atoms with van der Waals surface area (Å²) in [5.41, 5.74) is 4.03. The standard InChI is InChI=1S/C10H7Cl3F3N3/c11-6-4-5(10(14,15)16)7(12)8(13)9(6)19-18-3-1-2-17/h4,18-19H,1,3H2. The lowest BCUT2D eigenvalue weighted by Gasteiger charge is -2.16. The van der Waals surface area contributed by atoms with Gasteiger partial charge in [0.05, 0.1) is 32.4 Å². The molecule has 19 heavy (non-hydrogen) atoms. The first-order chi connectivity index (χ1) is 8.79. The molecule has 1 aromatic carbocycles. The van der Waals surface area contributed by atoms with Gasteiger partial charge < -0.3 is 5.43 Å². The van der Waals surface area contributed by atoms with E-state index in [2.05, 4.69) is 10.9 Å². The van der Waals surface area contributed by atoms with Crippen LogP contribution < -0.4 is 10.9 Å². The van der Waals surface area contributed by atoms with Crippen molar-refractivity contribution in [2.75, 3.05) is 12.0 Å². The number of rotatable bonds is 4. The highest BCUT2D eigenvalue weighted by molar-refractivity contribution is 6.46. The van der Waals surface area contributed by atoms with Crippen LogP contribution in [0.15, 0.2) is 6.07 Å². The van der Waals surface area contributed by atoms with E-state index in [1.54, 1.807) is 0 Å². The Balaban J connectivity index is 3.03. The molecule has 1 aromatic rings. The number of nitrogens with one attached hydrogen (secondary N) is 2. The van der Waals surface area contributed by atoms with Gasteiger partial charge in [-0.1, -0.05) is 34.8 Å². The molecule has 104 valence electrons. The molecule has 0 unspecified atom stereocenters. The molecule has 0 heterocycles. The minimum Gasteiger partial charge on any atom is -0.319 e. The third-order valence-corrected chi connectivity index (χ3v) is 3.20. The second-order valence-corrected chi connectivity index (χ2v) is 4.53. The number of halogens is 6. The van der Waals surface area contributed by atoms with Gasteiger partial charge in [0.25, 0.3) is 0 Å². The molecule has 0 radical (unpaired) electrons. The van der Waals surface area contributed by atoms with E-state index in [1.165, 1.54) is 0 Å². The molecule has 0 aliphatic heterocycles. The number of anilines is 1. The quantitative estimate of drug-likeness (QED) is 0.485. The Morgan fingerprint density at radius 1 is 1.21 bits per heavy atom. The minimum atomic E-state index is -4.64. The summed E-state index contributed by atoms with van der Waals surface area (Å²) in [6, 6.07) is 2.56. The molecule has 0 aliphatic carbocycles. The number of nitriles is 1. The van der Waals surface area contributed by atoms with E-state index < -0.39 is 16.8 Å². The molecule has 2 N–H and O–H groups in total. The summed E-state index contributed by atoms with van der Waals surface area (Å²) in [6.45, 7) is 0.266. The maximum absolute atomic E-state index is 12.6. The monoisotopic (exact) mass is 331 g/mol. The highest BCUT2D eigenvalue weighted by Gasteiger charge is 2.35. The topological polar surface area (TPSA) is 47.9 Å². The van der Waals surface area contributed by atoms with Gasteiger partial charge in [-0.25, -0.2) is 5.43 Å². The first-order valence-corrected chi connectivity index (χ1v) is 6.03. The van der Waals surface area contributed by atoms with Gasteiger partial charge in [0.1, 0.15) is 0 Å². The Morgan fingerprint density at radius 2 is 1.84 bits per heavy atom. The summed E-state index contributed by atoms with van der Waals surface area (Å²) in [5, 5.41) is 7.12. The average Bonchev–Trinajstić information content (AvgIpc) is 2.31. The Labute approximate surface area is 122 Å². The van der Waals surface area contributed by atoms with Gasteiger partial charge in [-0.05, 0) is 6.07 Å². The van der Waals surface area contributed by atoms with Crippen molar-refractivity contribution >= 4 is 40.5 Å². The number of alkyl halides is 3. The van der Waals surface area contributed by atoms with E-state index in [0.29, 0.717) is 6.07 Å². The molecule has 3 nitrogen and oxygen atoms in total. The van der Waals surface area contributed by atoms with Crippen molar-refractivity contribution in [1.29, 1.82) is 5.26 Å². The maximum Gasteiger partial charge on any atom is 0.417 e. The average molecular weight is 333 g/mol. The van der Waals surface area contributed by atoms with Crippen molar-refractivity contribution in [2.45, 2.75) is 12.6 Å². The van der Waals surface area contributed by atoms with Crippen molar-refractivity contribution in [3.8, 4) is 6.07 Å². The lowest BCUT2D eigenvalue weighted by atomic mass is 10.2. The molecule has 0 aliphatic rings. The molecule has 1 rings (SSSR count). The Kier molecular flexibility index (Phi) is 5.56. The van der Waals surface area contributed by atoms with Crippen LogP contribution in [0.2, 0.25) is 15.1 Å². The van der Waals surface area contributed by atoms with Crippen molar-refractivity contribution in [3.63, 3.8) is 0 Å². The van der Waals surface area contributed by atoms with E-state index in [-0.39, 0.29) is 28.7 Å². The van der Waals surface area contributed by atoms with E-state index in [4.69, 9.17) is 40.1 Å². The van der Waals surface area contributed by atoms with Crippen LogP contribution >= 0.6 is 34.8 Å². The van der Waals surface area contributed by atoms with Crippen molar-refractivity contribution < 1.29 is 13.2 Å². The molecule has 0 amide bonds. The first-order valence-electron chi connectivity index (χ1n) is 4.89. The highest BCUT2D eigenvalue weighted by atomic mass is 35.5. The highest BCUT2D eigenvalue weighted by Crippen LogP contribution is 2.44. The summed E-state index contributed by atoms with van der Waals surface area (Å²) in [6.07, 6.45) is -4.44. The maximum atomic E-state index is 12.6. The molecule has 0 saturated carbocycles. The molecular formula is C10H7Cl3F3N3. The SMILES string of the molecule is N#CCCNNc1c(Cl)cc(C(F)(F)F)c(Cl)c1Cl. The largest absolute Gasteiger partial charge is 0.417 e. The van der Waals surface area contributed by atoms with Crippen LogP contribution in [0.1, 0.15) is 12.0 Å². The molecular weight excluding hydrogens is 325 g/mol. The lowest BCUT2D eigenvalue weighted by molar-refractivity contribution is -0.137. The van der Waals surface area contributed by atoms with Gasteiger partial charge in [0, 0.05) is 13.0 Å². The zero-order valence-electron chi connectivity index (χ0n) is 9.21. The molecule has 0 bridgehead atoms. The predicted molar refractivity (Wildman–Crippen MR) is 68.3 cm³/mol. The molecule has 0 saturated heterocycles. The fraction of sp³-hybridized carbons (Fsp3) is 0.300. The van der Waals surface area contributed by atoms with Gasteiger partial charge in [-0.2, -0.15) is 18.4 Å². The Morgan fingerprint density at radius 3 is 2.37 bits per heavy atom. The number of nitrogens with zero attached hydrogens (tertiary/aromatic N) is 1. The zero-order chi connectivity index (χ0) is 14.6. The lowest BCUT2D eigenvalue weighted by Crippen LogP contribution is -2.23. The Bertz CT molecular complexity index is 511. The number of hydrazine groups is 1. The molecule has 0 aromatic heterocycles. The van der Waals surface area contributed by atoms with Crippen LogP contribution in [0, 0.1) is 11.3 Å². The van der Waals surface area contributed by atoms with E-state index in [1.807, 2.05) is 6.07 Å². The molecule has 0 spiro atoms. The summed E-state index contributed by atoms with van der Waals surface area (Å²) < 4.78 is 37.9. The normalized spacial score (nSPS) is 11.2. The van der Waals surface area contributed by atoms with Crippen LogP contribution in [0.3, 0.4) is 0 Å². The zero-order valence-corrected chi connectivity index (χ0v) is 11.5. The number of benzene rings is 1.